The number of morpholine rings is 1. The number of nitrogens with one attached hydrogen (secondary N) is 1. The van der Waals surface area contributed by atoms with E-state index in [-0.39, 0.29) is 17.8 Å². The molecule has 0 amide bonds. The molecule has 11 heteroatoms. The van der Waals surface area contributed by atoms with Crippen molar-refractivity contribution in [2.75, 3.05) is 24.7 Å². The SMILES string of the molecule is CC[C@@H]1COCCN1c1nc2nc(-c3n[nH]c(=O)o3)nc(-c3cccc(Cl)c3)c2n1C[C@H]1CC[C@H](C)CC1. The molecule has 2 fully saturated rings. The third kappa shape index (κ3) is 4.82. The summed E-state index contributed by atoms with van der Waals surface area (Å²) in [4.78, 5) is 28.8. The predicted molar refractivity (Wildman–Crippen MR) is 145 cm³/mol. The topological polar surface area (TPSA) is 115 Å². The number of H-pyrrole nitrogens is 1. The number of halogens is 1. The van der Waals surface area contributed by atoms with Crippen LogP contribution < -0.4 is 10.7 Å². The highest BCUT2D eigenvalue weighted by Gasteiger charge is 2.31. The summed E-state index contributed by atoms with van der Waals surface area (Å²) in [7, 11) is 0. The van der Waals surface area contributed by atoms with Gasteiger partial charge in [0.05, 0.1) is 19.3 Å². The van der Waals surface area contributed by atoms with E-state index in [4.69, 9.17) is 35.7 Å². The molecular formula is C27H32ClN7O3. The molecule has 1 aliphatic heterocycles. The normalized spacial score (nSPS) is 22.3. The number of aromatic nitrogens is 6. The zero-order valence-corrected chi connectivity index (χ0v) is 22.4. The Morgan fingerprint density at radius 1 is 1.16 bits per heavy atom. The number of anilines is 1. The first-order valence-electron chi connectivity index (χ1n) is 13.4. The second-order valence-electron chi connectivity index (χ2n) is 10.5. The van der Waals surface area contributed by atoms with Crippen LogP contribution in [0.4, 0.5) is 5.95 Å². The number of imidazole rings is 1. The first kappa shape index (κ1) is 25.1. The van der Waals surface area contributed by atoms with Crippen LogP contribution in [-0.4, -0.2) is 55.5 Å². The molecule has 1 aromatic carbocycles. The standard InChI is InChI=1S/C27H32ClN7O3/c1-3-20-15-37-12-11-34(20)26-31-23-22(35(26)14-17-9-7-16(2)8-10-17)21(18-5-4-6-19(28)13-18)29-24(30-23)25-32-33-27(36)38-25/h4-6,13,16-17,20H,3,7-12,14-15H2,1-2H3,(H,33,36)/t16-,17-,20-/m1/s1. The van der Waals surface area contributed by atoms with Gasteiger partial charge in [-0.15, -0.1) is 5.10 Å². The minimum Gasteiger partial charge on any atom is -0.384 e. The van der Waals surface area contributed by atoms with Gasteiger partial charge in [-0.25, -0.2) is 19.9 Å². The van der Waals surface area contributed by atoms with Crippen LogP contribution >= 0.6 is 11.6 Å². The van der Waals surface area contributed by atoms with Gasteiger partial charge in [-0.3, -0.25) is 0 Å². The Labute approximate surface area is 225 Å². The fourth-order valence-corrected chi connectivity index (χ4v) is 5.89. The Hall–Kier alpha value is -3.24. The molecule has 0 unspecified atom stereocenters. The van der Waals surface area contributed by atoms with Crippen LogP contribution in [-0.2, 0) is 11.3 Å². The second kappa shape index (κ2) is 10.5. The van der Waals surface area contributed by atoms with Crippen molar-refractivity contribution in [1.82, 2.24) is 29.7 Å². The Kier molecular flexibility index (Phi) is 6.92. The summed E-state index contributed by atoms with van der Waals surface area (Å²) >= 11 is 6.41. The first-order valence-corrected chi connectivity index (χ1v) is 13.8. The summed E-state index contributed by atoms with van der Waals surface area (Å²) in [5.41, 5.74) is 2.91. The van der Waals surface area contributed by atoms with E-state index in [1.165, 1.54) is 25.7 Å². The average molecular weight is 538 g/mol. The average Bonchev–Trinajstić information content (AvgIpc) is 3.53. The number of nitrogens with zero attached hydrogens (tertiary/aromatic N) is 6. The van der Waals surface area contributed by atoms with Gasteiger partial charge in [0.1, 0.15) is 11.2 Å². The lowest BCUT2D eigenvalue weighted by Crippen LogP contribution is -2.46. The van der Waals surface area contributed by atoms with E-state index in [2.05, 4.69) is 33.5 Å². The van der Waals surface area contributed by atoms with Crippen LogP contribution in [0, 0.1) is 11.8 Å². The van der Waals surface area contributed by atoms with E-state index in [9.17, 15) is 4.79 Å². The molecular weight excluding hydrogens is 506 g/mol. The fourth-order valence-electron chi connectivity index (χ4n) is 5.70. The molecule has 1 saturated carbocycles. The van der Waals surface area contributed by atoms with Crippen LogP contribution in [0.3, 0.4) is 0 Å². The third-order valence-corrected chi connectivity index (χ3v) is 8.08. The molecule has 38 heavy (non-hydrogen) atoms. The highest BCUT2D eigenvalue weighted by molar-refractivity contribution is 6.30. The van der Waals surface area contributed by atoms with Gasteiger partial charge in [0.15, 0.2) is 5.65 Å². The molecule has 1 aliphatic carbocycles. The fraction of sp³-hybridized carbons (Fsp3) is 0.519. The maximum atomic E-state index is 11.7. The van der Waals surface area contributed by atoms with E-state index in [1.54, 1.807) is 0 Å². The van der Waals surface area contributed by atoms with Crippen molar-refractivity contribution >= 4 is 28.7 Å². The van der Waals surface area contributed by atoms with Gasteiger partial charge < -0.3 is 18.6 Å². The quantitative estimate of drug-likeness (QED) is 0.368. The van der Waals surface area contributed by atoms with Crippen molar-refractivity contribution in [3.8, 4) is 23.0 Å². The molecule has 200 valence electrons. The summed E-state index contributed by atoms with van der Waals surface area (Å²) in [5, 5.41) is 6.88. The number of fused-ring (bicyclic) bond motifs is 1. The minimum atomic E-state index is -0.662. The van der Waals surface area contributed by atoms with Crippen molar-refractivity contribution in [1.29, 1.82) is 0 Å². The number of benzene rings is 1. The van der Waals surface area contributed by atoms with Gasteiger partial charge in [0.2, 0.25) is 11.8 Å². The largest absolute Gasteiger partial charge is 0.434 e. The molecule has 10 nitrogen and oxygen atoms in total. The monoisotopic (exact) mass is 537 g/mol. The zero-order chi connectivity index (χ0) is 26.2. The van der Waals surface area contributed by atoms with Crippen LogP contribution in [0.2, 0.25) is 5.02 Å². The van der Waals surface area contributed by atoms with Crippen LogP contribution in [0.15, 0.2) is 33.5 Å². The molecule has 0 radical (unpaired) electrons. The minimum absolute atomic E-state index is 0.0235. The zero-order valence-electron chi connectivity index (χ0n) is 21.7. The first-order chi connectivity index (χ1) is 18.5. The summed E-state index contributed by atoms with van der Waals surface area (Å²) < 4.78 is 13.3. The Morgan fingerprint density at radius 3 is 2.74 bits per heavy atom. The van der Waals surface area contributed by atoms with E-state index < -0.39 is 5.76 Å². The summed E-state index contributed by atoms with van der Waals surface area (Å²) in [6.45, 7) is 7.42. The summed E-state index contributed by atoms with van der Waals surface area (Å²) in [5.74, 6) is 1.75. The lowest BCUT2D eigenvalue weighted by molar-refractivity contribution is 0.0916. The van der Waals surface area contributed by atoms with Gasteiger partial charge in [0, 0.05) is 23.7 Å². The molecule has 4 heterocycles. The van der Waals surface area contributed by atoms with Crippen LogP contribution in [0.1, 0.15) is 46.0 Å². The highest BCUT2D eigenvalue weighted by atomic mass is 35.5. The smallest absolute Gasteiger partial charge is 0.384 e. The Balaban J connectivity index is 1.58. The molecule has 1 atom stereocenters. The van der Waals surface area contributed by atoms with Crippen molar-refractivity contribution in [3.05, 3.63) is 39.8 Å². The van der Waals surface area contributed by atoms with Gasteiger partial charge in [0.25, 0.3) is 5.89 Å². The predicted octanol–water partition coefficient (Wildman–Crippen LogP) is 4.93. The number of hydrogen-bond donors (Lipinski definition) is 1. The number of ether oxygens (including phenoxy) is 1. The van der Waals surface area contributed by atoms with Gasteiger partial charge >= 0.3 is 5.76 Å². The summed E-state index contributed by atoms with van der Waals surface area (Å²) in [6, 6.07) is 7.82. The van der Waals surface area contributed by atoms with Crippen molar-refractivity contribution in [2.45, 2.75) is 58.5 Å². The maximum Gasteiger partial charge on any atom is 0.434 e. The summed E-state index contributed by atoms with van der Waals surface area (Å²) in [6.07, 6.45) is 5.79. The van der Waals surface area contributed by atoms with E-state index in [0.717, 1.165) is 42.5 Å². The lowest BCUT2D eigenvalue weighted by atomic mass is 9.83. The Bertz CT molecular complexity index is 1490. The molecule has 1 saturated heterocycles. The van der Waals surface area contributed by atoms with E-state index in [1.807, 2.05) is 24.3 Å². The second-order valence-corrected chi connectivity index (χ2v) is 10.9. The Morgan fingerprint density at radius 2 is 2.00 bits per heavy atom. The maximum absolute atomic E-state index is 11.7. The molecule has 6 rings (SSSR count). The van der Waals surface area contributed by atoms with Crippen molar-refractivity contribution in [3.63, 3.8) is 0 Å². The van der Waals surface area contributed by atoms with E-state index >= 15 is 0 Å². The van der Waals surface area contributed by atoms with Crippen LogP contribution in [0.25, 0.3) is 34.1 Å². The number of hydrogen-bond acceptors (Lipinski definition) is 8. The van der Waals surface area contributed by atoms with Crippen LogP contribution in [0.5, 0.6) is 0 Å². The molecule has 2 aliphatic rings. The molecule has 3 aromatic heterocycles. The van der Waals surface area contributed by atoms with Gasteiger partial charge in [-0.05, 0) is 43.2 Å². The molecule has 1 N–H and O–H groups in total. The van der Waals surface area contributed by atoms with Gasteiger partial charge in [-0.1, -0.05) is 50.4 Å². The molecule has 4 aromatic rings. The highest BCUT2D eigenvalue weighted by Crippen LogP contribution is 2.37. The van der Waals surface area contributed by atoms with E-state index in [0.29, 0.717) is 35.5 Å². The van der Waals surface area contributed by atoms with Gasteiger partial charge in [-0.2, -0.15) is 4.98 Å². The lowest BCUT2D eigenvalue weighted by Gasteiger charge is -2.37. The third-order valence-electron chi connectivity index (χ3n) is 7.84. The molecule has 0 bridgehead atoms. The molecule has 0 spiro atoms. The number of aromatic amines is 1. The van der Waals surface area contributed by atoms with Crippen molar-refractivity contribution < 1.29 is 9.15 Å². The van der Waals surface area contributed by atoms with Crippen molar-refractivity contribution in [2.24, 2.45) is 11.8 Å². The number of rotatable bonds is 6.